The predicted molar refractivity (Wildman–Crippen MR) is 110 cm³/mol. The van der Waals surface area contributed by atoms with Crippen LogP contribution in [0.4, 0.5) is 0 Å². The van der Waals surface area contributed by atoms with E-state index in [1.165, 1.54) is 38.5 Å². The van der Waals surface area contributed by atoms with Crippen LogP contribution in [0, 0.1) is 29.7 Å². The average molecular weight is 414 g/mol. The Labute approximate surface area is 176 Å². The molecule has 0 bridgehead atoms. The van der Waals surface area contributed by atoms with Crippen molar-refractivity contribution >= 4 is 0 Å². The molecule has 2 aromatic carbocycles. The van der Waals surface area contributed by atoms with Crippen LogP contribution < -0.4 is 0 Å². The number of aryl methyl sites for hydroxylation is 2. The zero-order valence-corrected chi connectivity index (χ0v) is 19.0. The molecular formula is C24H34Zr. The van der Waals surface area contributed by atoms with Crippen molar-refractivity contribution in [2.24, 2.45) is 0 Å². The zero-order valence-electron chi connectivity index (χ0n) is 16.5. The summed E-state index contributed by atoms with van der Waals surface area (Å²) in [6, 6.07) is 18.2. The molecule has 2 aliphatic rings. The second-order valence-electron chi connectivity index (χ2n) is 6.45. The first-order valence-corrected chi connectivity index (χ1v) is 8.07. The maximum atomic E-state index is 2.36. The summed E-state index contributed by atoms with van der Waals surface area (Å²) in [4.78, 5) is 0. The summed E-state index contributed by atoms with van der Waals surface area (Å²) in [5.41, 5.74) is 6.48. The van der Waals surface area contributed by atoms with Crippen LogP contribution in [-0.4, -0.2) is 0 Å². The van der Waals surface area contributed by atoms with E-state index < -0.39 is 0 Å². The first kappa shape index (κ1) is 26.6. The molecule has 0 saturated heterocycles. The summed E-state index contributed by atoms with van der Waals surface area (Å²) in [6.45, 7) is 0. The summed E-state index contributed by atoms with van der Waals surface area (Å²) in [5.74, 6) is 1.64. The van der Waals surface area contributed by atoms with Crippen LogP contribution in [0.2, 0.25) is 0 Å². The fourth-order valence-electron chi connectivity index (χ4n) is 4.29. The van der Waals surface area contributed by atoms with Gasteiger partial charge in [0, 0.05) is 0 Å². The molecule has 0 spiro atoms. The number of hydrogen-bond acceptors (Lipinski definition) is 0. The van der Waals surface area contributed by atoms with Gasteiger partial charge in [-0.15, -0.1) is 0 Å². The van der Waals surface area contributed by atoms with Crippen LogP contribution in [0.5, 0.6) is 0 Å². The van der Waals surface area contributed by atoms with Crippen molar-refractivity contribution in [3.05, 3.63) is 100 Å². The van der Waals surface area contributed by atoms with Gasteiger partial charge in [-0.05, 0) is 72.6 Å². The Morgan fingerprint density at radius 3 is 1.36 bits per heavy atom. The van der Waals surface area contributed by atoms with Crippen molar-refractivity contribution in [2.45, 2.75) is 50.4 Å². The standard InChI is InChI=1S/C20H22.4CH3.Zr/c1-3-7-19-15(5-1)9-11-17(19)13-14-18-12-10-16-6-2-4-8-20(16)18;;;;;/h1-8,17-18H,9-14H2;4*1H3;/q;4*-1;+4/t17-,18-;;;;;/m1...../s1. The molecule has 0 aromatic heterocycles. The minimum absolute atomic E-state index is 0. The zero-order chi connectivity index (χ0) is 13.4. The SMILES string of the molecule is [CH3-].[CH3-].[CH3-].[CH3-].[Zr+4].c1ccc2c(c1)CC[C@@H]2CC[C@H]1CCc2ccccc21. The van der Waals surface area contributed by atoms with E-state index in [2.05, 4.69) is 48.5 Å². The summed E-state index contributed by atoms with van der Waals surface area (Å²) in [6.07, 6.45) is 8.07. The second kappa shape index (κ2) is 11.8. The molecule has 2 atom stereocenters. The molecule has 1 heteroatoms. The number of hydrogen-bond donors (Lipinski definition) is 0. The molecule has 0 unspecified atom stereocenters. The van der Waals surface area contributed by atoms with Crippen LogP contribution in [-0.2, 0) is 39.0 Å². The molecular weight excluding hydrogens is 379 g/mol. The minimum atomic E-state index is 0. The quantitative estimate of drug-likeness (QED) is 0.474. The van der Waals surface area contributed by atoms with Crippen molar-refractivity contribution in [3.8, 4) is 0 Å². The molecule has 0 fully saturated rings. The van der Waals surface area contributed by atoms with Crippen molar-refractivity contribution in [3.63, 3.8) is 0 Å². The fourth-order valence-corrected chi connectivity index (χ4v) is 4.29. The normalized spacial score (nSPS) is 18.9. The maximum absolute atomic E-state index is 2.36. The predicted octanol–water partition coefficient (Wildman–Crippen LogP) is 7.03. The van der Waals surface area contributed by atoms with Gasteiger partial charge in [0.25, 0.3) is 0 Å². The van der Waals surface area contributed by atoms with E-state index in [0.717, 1.165) is 11.8 Å². The van der Waals surface area contributed by atoms with Gasteiger partial charge in [0.15, 0.2) is 0 Å². The Morgan fingerprint density at radius 1 is 0.600 bits per heavy atom. The van der Waals surface area contributed by atoms with Crippen molar-refractivity contribution in [1.82, 2.24) is 0 Å². The van der Waals surface area contributed by atoms with E-state index in [0.29, 0.717) is 0 Å². The Bertz CT molecular complexity index is 561. The van der Waals surface area contributed by atoms with E-state index in [1.807, 2.05) is 0 Å². The van der Waals surface area contributed by atoms with E-state index in [4.69, 9.17) is 0 Å². The molecule has 0 nitrogen and oxygen atoms in total. The third-order valence-corrected chi connectivity index (χ3v) is 5.38. The topological polar surface area (TPSA) is 0 Å². The Morgan fingerprint density at radius 2 is 0.960 bits per heavy atom. The summed E-state index contributed by atoms with van der Waals surface area (Å²) in [5, 5.41) is 0. The maximum Gasteiger partial charge on any atom is 4.00 e. The van der Waals surface area contributed by atoms with Gasteiger partial charge in [0.1, 0.15) is 0 Å². The van der Waals surface area contributed by atoms with Gasteiger partial charge in [-0.1, -0.05) is 48.5 Å². The third kappa shape index (κ3) is 5.40. The largest absolute Gasteiger partial charge is 4.00 e. The molecule has 0 radical (unpaired) electrons. The Hall–Kier alpha value is -0.677. The fraction of sp³-hybridized carbons (Fsp3) is 0.333. The van der Waals surface area contributed by atoms with Gasteiger partial charge in [0.05, 0.1) is 0 Å². The third-order valence-electron chi connectivity index (χ3n) is 5.38. The van der Waals surface area contributed by atoms with Gasteiger partial charge < -0.3 is 29.7 Å². The second-order valence-corrected chi connectivity index (χ2v) is 6.45. The van der Waals surface area contributed by atoms with E-state index in [9.17, 15) is 0 Å². The monoisotopic (exact) mass is 412 g/mol. The first-order chi connectivity index (χ1) is 9.92. The molecule has 0 amide bonds. The molecule has 0 N–H and O–H groups in total. The van der Waals surface area contributed by atoms with Gasteiger partial charge >= 0.3 is 26.2 Å². The molecule has 134 valence electrons. The van der Waals surface area contributed by atoms with E-state index >= 15 is 0 Å². The summed E-state index contributed by atoms with van der Waals surface area (Å²) < 4.78 is 0. The summed E-state index contributed by atoms with van der Waals surface area (Å²) in [7, 11) is 0. The van der Waals surface area contributed by atoms with Crippen molar-refractivity contribution in [1.29, 1.82) is 0 Å². The number of rotatable bonds is 3. The molecule has 2 aliphatic carbocycles. The average Bonchev–Trinajstić information content (AvgIpc) is 3.09. The van der Waals surface area contributed by atoms with Crippen molar-refractivity contribution < 1.29 is 26.2 Å². The van der Waals surface area contributed by atoms with E-state index in [1.54, 1.807) is 22.3 Å². The van der Waals surface area contributed by atoms with Gasteiger partial charge in [-0.25, -0.2) is 0 Å². The van der Waals surface area contributed by atoms with Gasteiger partial charge in [0.2, 0.25) is 0 Å². The molecule has 2 aromatic rings. The van der Waals surface area contributed by atoms with Gasteiger partial charge in [-0.3, -0.25) is 0 Å². The van der Waals surface area contributed by atoms with Crippen LogP contribution in [0.3, 0.4) is 0 Å². The first-order valence-electron chi connectivity index (χ1n) is 8.07. The molecule has 0 heterocycles. The molecule has 0 saturated carbocycles. The van der Waals surface area contributed by atoms with Crippen molar-refractivity contribution in [2.75, 3.05) is 0 Å². The number of benzene rings is 2. The molecule has 4 rings (SSSR count). The number of fused-ring (bicyclic) bond motifs is 2. The summed E-state index contributed by atoms with van der Waals surface area (Å²) >= 11 is 0. The smallest absolute Gasteiger partial charge is 0.358 e. The molecule has 25 heavy (non-hydrogen) atoms. The Balaban J connectivity index is 0. The van der Waals surface area contributed by atoms with Crippen LogP contribution in [0.25, 0.3) is 0 Å². The molecule has 0 aliphatic heterocycles. The Kier molecular flexibility index (Phi) is 12.6. The van der Waals surface area contributed by atoms with E-state index in [-0.39, 0.29) is 55.9 Å². The van der Waals surface area contributed by atoms with Gasteiger partial charge in [-0.2, -0.15) is 0 Å². The van der Waals surface area contributed by atoms with Crippen LogP contribution in [0.15, 0.2) is 48.5 Å². The van der Waals surface area contributed by atoms with Crippen LogP contribution >= 0.6 is 0 Å². The van der Waals surface area contributed by atoms with Crippen LogP contribution in [0.1, 0.15) is 59.8 Å². The minimum Gasteiger partial charge on any atom is -0.358 e.